The van der Waals surface area contributed by atoms with E-state index in [1.165, 1.54) is 0 Å². The second-order valence-electron chi connectivity index (χ2n) is 6.03. The molecular formula is C16H20N2O4. The zero-order valence-electron chi connectivity index (χ0n) is 13.0. The van der Waals surface area contributed by atoms with Crippen LogP contribution in [-0.4, -0.2) is 42.7 Å². The highest BCUT2D eigenvalue weighted by Crippen LogP contribution is 2.37. The Morgan fingerprint density at radius 3 is 2.68 bits per heavy atom. The second-order valence-corrected chi connectivity index (χ2v) is 6.03. The Labute approximate surface area is 129 Å². The fourth-order valence-electron chi connectivity index (χ4n) is 3.17. The number of rotatable bonds is 3. The Morgan fingerprint density at radius 2 is 2.05 bits per heavy atom. The Morgan fingerprint density at radius 1 is 1.36 bits per heavy atom. The molecule has 118 valence electrons. The number of nitrogens with one attached hydrogen (secondary N) is 1. The van der Waals surface area contributed by atoms with Crippen LogP contribution in [0.3, 0.4) is 0 Å². The second kappa shape index (κ2) is 5.19. The van der Waals surface area contributed by atoms with Gasteiger partial charge in [-0.05, 0) is 31.5 Å². The van der Waals surface area contributed by atoms with Crippen LogP contribution in [0.5, 0.6) is 5.75 Å². The van der Waals surface area contributed by atoms with Crippen molar-refractivity contribution in [2.24, 2.45) is 5.92 Å². The van der Waals surface area contributed by atoms with Gasteiger partial charge < -0.3 is 19.7 Å². The van der Waals surface area contributed by atoms with Crippen LogP contribution in [0.1, 0.15) is 25.5 Å². The number of hydrogen-bond donors (Lipinski definition) is 1. The molecule has 0 aliphatic carbocycles. The minimum Gasteiger partial charge on any atom is -0.497 e. The first-order valence-electron chi connectivity index (χ1n) is 7.35. The lowest BCUT2D eigenvalue weighted by molar-refractivity contribution is -0.135. The largest absolute Gasteiger partial charge is 0.497 e. The molecule has 2 saturated heterocycles. The van der Waals surface area contributed by atoms with Crippen molar-refractivity contribution in [3.8, 4) is 5.75 Å². The number of nitrogens with zero attached hydrogens (tertiary/aromatic N) is 1. The van der Waals surface area contributed by atoms with Crippen molar-refractivity contribution in [3.63, 3.8) is 0 Å². The van der Waals surface area contributed by atoms with Gasteiger partial charge in [0.05, 0.1) is 13.2 Å². The highest BCUT2D eigenvalue weighted by Gasteiger charge is 2.55. The molecule has 2 aliphatic rings. The molecule has 0 radical (unpaired) electrons. The number of carbonyl (C=O) groups is 2. The van der Waals surface area contributed by atoms with Crippen molar-refractivity contribution in [2.75, 3.05) is 20.3 Å². The van der Waals surface area contributed by atoms with Crippen molar-refractivity contribution < 1.29 is 19.1 Å². The molecule has 6 nitrogen and oxygen atoms in total. The molecule has 1 N–H and O–H groups in total. The third-order valence-electron chi connectivity index (χ3n) is 4.78. The maximum absolute atomic E-state index is 12.8. The van der Waals surface area contributed by atoms with E-state index in [1.807, 2.05) is 31.2 Å². The summed E-state index contributed by atoms with van der Waals surface area (Å²) in [5, 5.41) is 2.69. The van der Waals surface area contributed by atoms with Gasteiger partial charge in [0.2, 0.25) is 5.91 Å². The number of fused-ring (bicyclic) bond motifs is 1. The summed E-state index contributed by atoms with van der Waals surface area (Å²) in [6.07, 6.45) is -0.522. The highest BCUT2D eigenvalue weighted by molar-refractivity contribution is 5.93. The molecular weight excluding hydrogens is 284 g/mol. The van der Waals surface area contributed by atoms with E-state index >= 15 is 0 Å². The van der Waals surface area contributed by atoms with Gasteiger partial charge in [-0.2, -0.15) is 0 Å². The van der Waals surface area contributed by atoms with Gasteiger partial charge in [0.1, 0.15) is 17.9 Å². The predicted octanol–water partition coefficient (Wildman–Crippen LogP) is 1.71. The van der Waals surface area contributed by atoms with Crippen molar-refractivity contribution in [3.05, 3.63) is 29.8 Å². The summed E-state index contributed by atoms with van der Waals surface area (Å²) in [7, 11) is 1.62. The summed E-state index contributed by atoms with van der Waals surface area (Å²) in [6.45, 7) is 4.62. The molecule has 0 aromatic heterocycles. The maximum Gasteiger partial charge on any atom is 0.408 e. The number of amides is 2. The van der Waals surface area contributed by atoms with Gasteiger partial charge in [-0.15, -0.1) is 0 Å². The van der Waals surface area contributed by atoms with Crippen LogP contribution in [-0.2, 0) is 9.53 Å². The summed E-state index contributed by atoms with van der Waals surface area (Å²) in [6, 6.07) is 7.60. The first-order chi connectivity index (χ1) is 10.5. The molecule has 22 heavy (non-hydrogen) atoms. The fourth-order valence-corrected chi connectivity index (χ4v) is 3.17. The SMILES string of the molecule is COc1ccc([C@H](C)N2C[C@H]3COC(=O)N[C@@]3(C)C2=O)cc1. The molecule has 1 aromatic carbocycles. The monoisotopic (exact) mass is 304 g/mol. The van der Waals surface area contributed by atoms with E-state index in [2.05, 4.69) is 5.32 Å². The van der Waals surface area contributed by atoms with E-state index in [0.717, 1.165) is 11.3 Å². The fraction of sp³-hybridized carbons (Fsp3) is 0.500. The van der Waals surface area contributed by atoms with E-state index in [4.69, 9.17) is 9.47 Å². The van der Waals surface area contributed by atoms with Crippen molar-refractivity contribution in [1.82, 2.24) is 10.2 Å². The van der Waals surface area contributed by atoms with Crippen LogP contribution in [0, 0.1) is 5.92 Å². The summed E-state index contributed by atoms with van der Waals surface area (Å²) >= 11 is 0. The van der Waals surface area contributed by atoms with E-state index in [0.29, 0.717) is 6.54 Å². The average Bonchev–Trinajstić information content (AvgIpc) is 2.78. The predicted molar refractivity (Wildman–Crippen MR) is 79.5 cm³/mol. The average molecular weight is 304 g/mol. The number of methoxy groups -OCH3 is 1. The quantitative estimate of drug-likeness (QED) is 0.923. The lowest BCUT2D eigenvalue weighted by atomic mass is 9.88. The number of ether oxygens (including phenoxy) is 2. The van der Waals surface area contributed by atoms with Crippen LogP contribution in [0.25, 0.3) is 0 Å². The molecule has 2 aliphatic heterocycles. The molecule has 3 atom stereocenters. The number of alkyl carbamates (subject to hydrolysis) is 1. The molecule has 6 heteroatoms. The minimum absolute atomic E-state index is 0.0293. The Bertz CT molecular complexity index is 601. The standard InChI is InChI=1S/C16H20N2O4/c1-10(11-4-6-13(21-3)7-5-11)18-8-12-9-22-15(20)17-16(12,2)14(18)19/h4-7,10,12H,8-9H2,1-3H3,(H,17,20)/t10-,12-,16+/m0/s1. The Balaban J connectivity index is 1.82. The lowest BCUT2D eigenvalue weighted by Crippen LogP contribution is -2.59. The molecule has 2 fully saturated rings. The maximum atomic E-state index is 12.8. The van der Waals surface area contributed by atoms with E-state index in [-0.39, 0.29) is 24.5 Å². The number of cyclic esters (lactones) is 1. The highest BCUT2D eigenvalue weighted by atomic mass is 16.6. The zero-order chi connectivity index (χ0) is 15.9. The molecule has 0 unspecified atom stereocenters. The summed E-state index contributed by atoms with van der Waals surface area (Å²) in [5.41, 5.74) is 0.166. The minimum atomic E-state index is -0.865. The Kier molecular flexibility index (Phi) is 3.47. The third kappa shape index (κ3) is 2.19. The molecule has 0 saturated carbocycles. The first kappa shape index (κ1) is 14.7. The number of benzene rings is 1. The molecule has 0 spiro atoms. The summed E-state index contributed by atoms with van der Waals surface area (Å²) in [4.78, 5) is 26.0. The first-order valence-corrected chi connectivity index (χ1v) is 7.35. The third-order valence-corrected chi connectivity index (χ3v) is 4.78. The number of hydrogen-bond acceptors (Lipinski definition) is 4. The molecule has 3 rings (SSSR count). The zero-order valence-corrected chi connectivity index (χ0v) is 13.0. The van der Waals surface area contributed by atoms with Crippen molar-refractivity contribution in [1.29, 1.82) is 0 Å². The van der Waals surface area contributed by atoms with Gasteiger partial charge in [0.25, 0.3) is 0 Å². The van der Waals surface area contributed by atoms with Crippen LogP contribution < -0.4 is 10.1 Å². The molecule has 2 heterocycles. The number of carbonyl (C=O) groups excluding carboxylic acids is 2. The number of likely N-dealkylation sites (tertiary alicyclic amines) is 1. The van der Waals surface area contributed by atoms with Gasteiger partial charge >= 0.3 is 6.09 Å². The molecule has 0 bridgehead atoms. The molecule has 1 aromatic rings. The van der Waals surface area contributed by atoms with Gasteiger partial charge in [-0.1, -0.05) is 12.1 Å². The van der Waals surface area contributed by atoms with Gasteiger partial charge in [-0.3, -0.25) is 4.79 Å². The topological polar surface area (TPSA) is 67.9 Å². The molecule has 2 amide bonds. The van der Waals surface area contributed by atoms with Crippen LogP contribution in [0.4, 0.5) is 4.79 Å². The van der Waals surface area contributed by atoms with Crippen LogP contribution in [0.15, 0.2) is 24.3 Å². The lowest BCUT2D eigenvalue weighted by Gasteiger charge is -2.33. The van der Waals surface area contributed by atoms with E-state index in [9.17, 15) is 9.59 Å². The summed E-state index contributed by atoms with van der Waals surface area (Å²) in [5.74, 6) is 0.695. The van der Waals surface area contributed by atoms with E-state index in [1.54, 1.807) is 18.9 Å². The van der Waals surface area contributed by atoms with Crippen molar-refractivity contribution in [2.45, 2.75) is 25.4 Å². The van der Waals surface area contributed by atoms with Gasteiger partial charge in [0, 0.05) is 12.5 Å². The van der Waals surface area contributed by atoms with E-state index < -0.39 is 11.6 Å². The summed E-state index contributed by atoms with van der Waals surface area (Å²) < 4.78 is 10.2. The van der Waals surface area contributed by atoms with Gasteiger partial charge in [0.15, 0.2) is 0 Å². The normalized spacial score (nSPS) is 28.7. The smallest absolute Gasteiger partial charge is 0.408 e. The van der Waals surface area contributed by atoms with Gasteiger partial charge in [-0.25, -0.2) is 4.79 Å². The van der Waals surface area contributed by atoms with Crippen molar-refractivity contribution >= 4 is 12.0 Å². The van der Waals surface area contributed by atoms with Crippen LogP contribution in [0.2, 0.25) is 0 Å². The Hall–Kier alpha value is -2.24. The van der Waals surface area contributed by atoms with Crippen LogP contribution >= 0.6 is 0 Å².